The van der Waals surface area contributed by atoms with E-state index in [1.54, 1.807) is 14.2 Å². The lowest BCUT2D eigenvalue weighted by Crippen LogP contribution is -1.95. The summed E-state index contributed by atoms with van der Waals surface area (Å²) in [5, 5.41) is 0. The Hall–Kier alpha value is -0.730. The Kier molecular flexibility index (Phi) is 5.51. The van der Waals surface area contributed by atoms with Crippen LogP contribution in [0.4, 0.5) is 0 Å². The van der Waals surface area contributed by atoms with Gasteiger partial charge in [0.1, 0.15) is 0 Å². The van der Waals surface area contributed by atoms with Crippen molar-refractivity contribution in [2.45, 2.75) is 0 Å². The molecule has 82 valence electrons. The Labute approximate surface area is 91.7 Å². The minimum absolute atomic E-state index is 0.414. The van der Waals surface area contributed by atoms with Crippen LogP contribution in [0.15, 0.2) is 36.9 Å². The lowest BCUT2D eigenvalue weighted by atomic mass is 10.1. The molecule has 0 unspecified atom stereocenters. The van der Waals surface area contributed by atoms with Crippen molar-refractivity contribution in [2.24, 2.45) is 0 Å². The molecule has 0 radical (unpaired) electrons. The quantitative estimate of drug-likeness (QED) is 0.697. The summed E-state index contributed by atoms with van der Waals surface area (Å²) in [6, 6.07) is 9.89. The van der Waals surface area contributed by atoms with Crippen LogP contribution >= 0.6 is 8.60 Å². The van der Waals surface area contributed by atoms with Crippen LogP contribution in [0.3, 0.4) is 0 Å². The predicted molar refractivity (Wildman–Crippen MR) is 62.4 cm³/mol. The summed E-state index contributed by atoms with van der Waals surface area (Å²) in [6.45, 7) is 4.35. The first-order valence-corrected chi connectivity index (χ1v) is 5.62. The first-order chi connectivity index (χ1) is 7.27. The van der Waals surface area contributed by atoms with Crippen molar-refractivity contribution >= 4 is 14.2 Å². The fraction of sp³-hybridized carbons (Fsp3) is 0.273. The van der Waals surface area contributed by atoms with Gasteiger partial charge >= 0.3 is 8.60 Å². The van der Waals surface area contributed by atoms with Crippen molar-refractivity contribution in [1.29, 1.82) is 0 Å². The lowest BCUT2D eigenvalue weighted by molar-refractivity contribution is 0.225. The fourth-order valence-corrected chi connectivity index (χ4v) is 1.69. The summed E-state index contributed by atoms with van der Waals surface area (Å²) in [5.74, 6) is 0. The standard InChI is InChI=1S/C11H15O3P/c1-10(9-14-15(12-2)13-3)11-7-5-4-6-8-11/h4-8H,1,9H2,2-3H3. The van der Waals surface area contributed by atoms with Gasteiger partial charge in [-0.05, 0) is 11.1 Å². The third kappa shape index (κ3) is 4.10. The van der Waals surface area contributed by atoms with Crippen molar-refractivity contribution in [3.8, 4) is 0 Å². The highest BCUT2D eigenvalue weighted by molar-refractivity contribution is 7.41. The van der Waals surface area contributed by atoms with Gasteiger partial charge < -0.3 is 13.6 Å². The third-order valence-electron chi connectivity index (χ3n) is 1.82. The minimum Gasteiger partial charge on any atom is -0.316 e. The van der Waals surface area contributed by atoms with E-state index in [1.165, 1.54) is 0 Å². The first kappa shape index (κ1) is 12.3. The van der Waals surface area contributed by atoms with Crippen molar-refractivity contribution < 1.29 is 13.6 Å². The van der Waals surface area contributed by atoms with E-state index in [-0.39, 0.29) is 0 Å². The molecule has 0 N–H and O–H groups in total. The van der Waals surface area contributed by atoms with E-state index in [0.717, 1.165) is 11.1 Å². The molecule has 0 bridgehead atoms. The molecule has 0 atom stereocenters. The summed E-state index contributed by atoms with van der Waals surface area (Å²) >= 11 is 0. The van der Waals surface area contributed by atoms with Gasteiger partial charge in [-0.15, -0.1) is 0 Å². The van der Waals surface area contributed by atoms with E-state index < -0.39 is 8.60 Å². The largest absolute Gasteiger partial charge is 0.332 e. The SMILES string of the molecule is C=C(COP(OC)OC)c1ccccc1. The van der Waals surface area contributed by atoms with Gasteiger partial charge in [0.2, 0.25) is 0 Å². The summed E-state index contributed by atoms with van der Waals surface area (Å²) in [7, 11) is 1.87. The molecule has 4 heteroatoms. The van der Waals surface area contributed by atoms with E-state index in [9.17, 15) is 0 Å². The van der Waals surface area contributed by atoms with Crippen LogP contribution in [0, 0.1) is 0 Å². The molecule has 0 heterocycles. The van der Waals surface area contributed by atoms with Crippen molar-refractivity contribution in [3.05, 3.63) is 42.5 Å². The molecule has 0 amide bonds. The van der Waals surface area contributed by atoms with Gasteiger partial charge in [0.05, 0.1) is 6.61 Å². The van der Waals surface area contributed by atoms with Crippen molar-refractivity contribution in [3.63, 3.8) is 0 Å². The van der Waals surface area contributed by atoms with E-state index in [0.29, 0.717) is 6.61 Å². The molecule has 0 aliphatic rings. The van der Waals surface area contributed by atoms with Crippen molar-refractivity contribution in [1.82, 2.24) is 0 Å². The molecule has 1 rings (SSSR count). The van der Waals surface area contributed by atoms with Crippen LogP contribution in [0.1, 0.15) is 5.56 Å². The van der Waals surface area contributed by atoms with Gasteiger partial charge in [-0.1, -0.05) is 36.9 Å². The van der Waals surface area contributed by atoms with E-state index in [2.05, 4.69) is 6.58 Å². The third-order valence-corrected chi connectivity index (χ3v) is 2.76. The molecule has 3 nitrogen and oxygen atoms in total. The second-order valence-electron chi connectivity index (χ2n) is 2.83. The van der Waals surface area contributed by atoms with Crippen molar-refractivity contribution in [2.75, 3.05) is 20.8 Å². The fourth-order valence-electron chi connectivity index (χ4n) is 1.07. The zero-order valence-electron chi connectivity index (χ0n) is 8.97. The van der Waals surface area contributed by atoms with E-state index in [1.807, 2.05) is 30.3 Å². The van der Waals surface area contributed by atoms with Gasteiger partial charge in [0.15, 0.2) is 0 Å². The molecule has 1 aromatic rings. The summed E-state index contributed by atoms with van der Waals surface area (Å²) in [4.78, 5) is 0. The average Bonchev–Trinajstić information content (AvgIpc) is 2.31. The Morgan fingerprint density at radius 2 is 1.80 bits per heavy atom. The highest BCUT2D eigenvalue weighted by Crippen LogP contribution is 2.38. The Morgan fingerprint density at radius 1 is 1.20 bits per heavy atom. The number of benzene rings is 1. The summed E-state index contributed by atoms with van der Waals surface area (Å²) in [5.41, 5.74) is 1.98. The van der Waals surface area contributed by atoms with E-state index >= 15 is 0 Å². The first-order valence-electron chi connectivity index (χ1n) is 4.52. The summed E-state index contributed by atoms with van der Waals surface area (Å²) < 4.78 is 15.3. The number of hydrogen-bond donors (Lipinski definition) is 0. The molecule has 0 spiro atoms. The van der Waals surface area contributed by atoms with Crippen LogP contribution in [0.5, 0.6) is 0 Å². The van der Waals surface area contributed by atoms with Crippen LogP contribution < -0.4 is 0 Å². The van der Waals surface area contributed by atoms with Crippen LogP contribution in [-0.4, -0.2) is 20.8 Å². The monoisotopic (exact) mass is 226 g/mol. The maximum atomic E-state index is 5.38. The smallest absolute Gasteiger partial charge is 0.316 e. The second kappa shape index (κ2) is 6.70. The molecule has 0 fully saturated rings. The van der Waals surface area contributed by atoms with Gasteiger partial charge in [0, 0.05) is 14.2 Å². The number of rotatable bonds is 6. The minimum atomic E-state index is -1.24. The highest BCUT2D eigenvalue weighted by atomic mass is 31.2. The van der Waals surface area contributed by atoms with Gasteiger partial charge in [-0.2, -0.15) is 0 Å². The lowest BCUT2D eigenvalue weighted by Gasteiger charge is -2.12. The van der Waals surface area contributed by atoms with E-state index in [4.69, 9.17) is 13.6 Å². The Morgan fingerprint density at radius 3 is 2.33 bits per heavy atom. The zero-order chi connectivity index (χ0) is 11.1. The Bertz CT molecular complexity index is 296. The molecule has 0 saturated carbocycles. The van der Waals surface area contributed by atoms with Crippen LogP contribution in [0.2, 0.25) is 0 Å². The molecule has 0 aliphatic carbocycles. The molecule has 0 aromatic heterocycles. The highest BCUT2D eigenvalue weighted by Gasteiger charge is 2.08. The number of hydrogen-bond acceptors (Lipinski definition) is 3. The Balaban J connectivity index is 2.43. The topological polar surface area (TPSA) is 27.7 Å². The molecule has 0 saturated heterocycles. The molecular formula is C11H15O3P. The second-order valence-corrected chi connectivity index (χ2v) is 4.27. The van der Waals surface area contributed by atoms with Gasteiger partial charge in [-0.3, -0.25) is 0 Å². The molecular weight excluding hydrogens is 211 g/mol. The predicted octanol–water partition coefficient (Wildman–Crippen LogP) is 3.24. The van der Waals surface area contributed by atoms with Gasteiger partial charge in [-0.25, -0.2) is 0 Å². The normalized spacial score (nSPS) is 10.6. The average molecular weight is 226 g/mol. The van der Waals surface area contributed by atoms with Crippen LogP contribution in [-0.2, 0) is 13.6 Å². The zero-order valence-corrected chi connectivity index (χ0v) is 9.87. The molecule has 15 heavy (non-hydrogen) atoms. The maximum absolute atomic E-state index is 5.38. The maximum Gasteiger partial charge on any atom is 0.332 e. The molecule has 1 aromatic carbocycles. The van der Waals surface area contributed by atoms with Gasteiger partial charge in [0.25, 0.3) is 0 Å². The molecule has 0 aliphatic heterocycles. The summed E-state index contributed by atoms with van der Waals surface area (Å²) in [6.07, 6.45) is 0. The van der Waals surface area contributed by atoms with Crippen LogP contribution in [0.25, 0.3) is 5.57 Å².